The van der Waals surface area contributed by atoms with Gasteiger partial charge in [-0.25, -0.2) is 0 Å². The van der Waals surface area contributed by atoms with E-state index in [0.717, 1.165) is 11.8 Å². The molecule has 0 aromatic heterocycles. The van der Waals surface area contributed by atoms with E-state index in [-0.39, 0.29) is 0 Å². The maximum absolute atomic E-state index is 3.65. The molecule has 0 unspecified atom stereocenters. The van der Waals surface area contributed by atoms with Crippen molar-refractivity contribution in [3.8, 4) is 0 Å². The summed E-state index contributed by atoms with van der Waals surface area (Å²) in [6.45, 7) is 11.5. The van der Waals surface area contributed by atoms with Crippen LogP contribution in [0.4, 0.5) is 0 Å². The zero-order valence-corrected chi connectivity index (χ0v) is 14.7. The van der Waals surface area contributed by atoms with Gasteiger partial charge >= 0.3 is 0 Å². The van der Waals surface area contributed by atoms with Crippen molar-refractivity contribution in [1.29, 1.82) is 0 Å². The molecule has 1 aromatic carbocycles. The van der Waals surface area contributed by atoms with Crippen LogP contribution < -0.4 is 0 Å². The van der Waals surface area contributed by atoms with Crippen molar-refractivity contribution >= 4 is 15.9 Å². The zero-order valence-electron chi connectivity index (χ0n) is 13.1. The highest BCUT2D eigenvalue weighted by atomic mass is 79.9. The van der Waals surface area contributed by atoms with Gasteiger partial charge in [-0.3, -0.25) is 0 Å². The van der Waals surface area contributed by atoms with E-state index >= 15 is 0 Å². The Bertz CT molecular complexity index is 436. The molecule has 0 heterocycles. The van der Waals surface area contributed by atoms with Crippen molar-refractivity contribution in [1.82, 2.24) is 0 Å². The summed E-state index contributed by atoms with van der Waals surface area (Å²) in [5.74, 6) is 1.71. The van der Waals surface area contributed by atoms with E-state index in [1.54, 1.807) is 16.7 Å². The number of halogens is 1. The standard InChI is InChI=1S/C18H27Br/c1-11-12(2)14(4)18(15(5)13(11)3)17-8-6-16(10-19)7-9-17/h16-17H,6-10H2,1-5H3. The van der Waals surface area contributed by atoms with Gasteiger partial charge in [-0.15, -0.1) is 0 Å². The number of hydrogen-bond acceptors (Lipinski definition) is 0. The van der Waals surface area contributed by atoms with Crippen molar-refractivity contribution in [3.63, 3.8) is 0 Å². The lowest BCUT2D eigenvalue weighted by molar-refractivity contribution is 0.352. The Kier molecular flexibility index (Phi) is 4.76. The van der Waals surface area contributed by atoms with Crippen LogP contribution >= 0.6 is 15.9 Å². The van der Waals surface area contributed by atoms with Crippen LogP contribution in [-0.4, -0.2) is 5.33 Å². The molecule has 1 saturated carbocycles. The van der Waals surface area contributed by atoms with Crippen LogP contribution in [-0.2, 0) is 0 Å². The largest absolute Gasteiger partial charge is 0.0925 e. The first-order valence-corrected chi connectivity index (χ1v) is 8.72. The SMILES string of the molecule is Cc1c(C)c(C)c(C2CCC(CBr)CC2)c(C)c1C. The van der Waals surface area contributed by atoms with Gasteiger partial charge < -0.3 is 0 Å². The normalized spacial score (nSPS) is 23.7. The number of rotatable bonds is 2. The molecular formula is C18H27Br. The van der Waals surface area contributed by atoms with Crippen LogP contribution in [0.25, 0.3) is 0 Å². The topological polar surface area (TPSA) is 0 Å². The van der Waals surface area contributed by atoms with Gasteiger partial charge in [0.25, 0.3) is 0 Å². The van der Waals surface area contributed by atoms with E-state index in [1.165, 1.54) is 47.7 Å². The number of hydrogen-bond donors (Lipinski definition) is 0. The smallest absolute Gasteiger partial charge is 0.00596 e. The van der Waals surface area contributed by atoms with Crippen molar-refractivity contribution in [2.24, 2.45) is 5.92 Å². The number of benzene rings is 1. The molecule has 0 saturated heterocycles. The predicted molar refractivity (Wildman–Crippen MR) is 88.6 cm³/mol. The fraction of sp³-hybridized carbons (Fsp3) is 0.667. The molecule has 106 valence electrons. The molecule has 0 radical (unpaired) electrons. The first-order chi connectivity index (χ1) is 8.97. The molecule has 0 N–H and O–H groups in total. The van der Waals surface area contributed by atoms with Crippen LogP contribution in [0.15, 0.2) is 0 Å². The highest BCUT2D eigenvalue weighted by Gasteiger charge is 2.25. The van der Waals surface area contributed by atoms with E-state index in [0.29, 0.717) is 0 Å². The lowest BCUT2D eigenvalue weighted by Gasteiger charge is -2.31. The summed E-state index contributed by atoms with van der Waals surface area (Å²) in [6.07, 6.45) is 5.53. The summed E-state index contributed by atoms with van der Waals surface area (Å²) >= 11 is 3.65. The first-order valence-electron chi connectivity index (χ1n) is 7.60. The summed E-state index contributed by atoms with van der Waals surface area (Å²) in [7, 11) is 0. The van der Waals surface area contributed by atoms with Crippen LogP contribution in [0.2, 0.25) is 0 Å². The summed E-state index contributed by atoms with van der Waals surface area (Å²) < 4.78 is 0. The van der Waals surface area contributed by atoms with E-state index in [2.05, 4.69) is 50.5 Å². The van der Waals surface area contributed by atoms with Gasteiger partial charge in [0.05, 0.1) is 0 Å². The van der Waals surface area contributed by atoms with E-state index in [9.17, 15) is 0 Å². The predicted octanol–water partition coefficient (Wildman–Crippen LogP) is 5.90. The fourth-order valence-electron chi connectivity index (χ4n) is 3.75. The van der Waals surface area contributed by atoms with Gasteiger partial charge in [0.1, 0.15) is 0 Å². The molecule has 19 heavy (non-hydrogen) atoms. The fourth-order valence-corrected chi connectivity index (χ4v) is 4.39. The van der Waals surface area contributed by atoms with Crippen LogP contribution in [0, 0.1) is 40.5 Å². The van der Waals surface area contributed by atoms with Crippen molar-refractivity contribution in [2.75, 3.05) is 5.33 Å². The van der Waals surface area contributed by atoms with Gasteiger partial charge in [0.2, 0.25) is 0 Å². The highest BCUT2D eigenvalue weighted by molar-refractivity contribution is 9.09. The molecule has 0 spiro atoms. The van der Waals surface area contributed by atoms with Gasteiger partial charge in [-0.1, -0.05) is 15.9 Å². The molecule has 1 aromatic rings. The molecular weight excluding hydrogens is 296 g/mol. The Morgan fingerprint density at radius 2 is 1.16 bits per heavy atom. The maximum atomic E-state index is 3.65. The second-order valence-electron chi connectivity index (χ2n) is 6.41. The molecule has 0 nitrogen and oxygen atoms in total. The monoisotopic (exact) mass is 322 g/mol. The highest BCUT2D eigenvalue weighted by Crippen LogP contribution is 2.41. The molecule has 1 aliphatic rings. The molecule has 1 fully saturated rings. The third-order valence-electron chi connectivity index (χ3n) is 5.53. The Labute approximate surface area is 127 Å². The third-order valence-corrected chi connectivity index (χ3v) is 6.45. The molecule has 0 aliphatic heterocycles. The minimum absolute atomic E-state index is 0.799. The van der Waals surface area contributed by atoms with E-state index < -0.39 is 0 Å². The molecule has 0 amide bonds. The lowest BCUT2D eigenvalue weighted by Crippen LogP contribution is -2.17. The van der Waals surface area contributed by atoms with Crippen LogP contribution in [0.5, 0.6) is 0 Å². The van der Waals surface area contributed by atoms with E-state index in [1.807, 2.05) is 0 Å². The summed E-state index contributed by atoms with van der Waals surface area (Å²) in [5, 5.41) is 1.18. The molecule has 1 aliphatic carbocycles. The quantitative estimate of drug-likeness (QED) is 0.595. The first kappa shape index (κ1) is 15.1. The van der Waals surface area contributed by atoms with Crippen molar-refractivity contribution in [2.45, 2.75) is 66.2 Å². The van der Waals surface area contributed by atoms with Gasteiger partial charge in [0.15, 0.2) is 0 Å². The lowest BCUT2D eigenvalue weighted by atomic mass is 9.74. The van der Waals surface area contributed by atoms with Crippen molar-refractivity contribution < 1.29 is 0 Å². The Balaban J connectivity index is 2.36. The minimum Gasteiger partial charge on any atom is -0.0925 e. The average molecular weight is 323 g/mol. The summed E-state index contributed by atoms with van der Waals surface area (Å²) in [6, 6.07) is 0. The molecule has 2 rings (SSSR count). The van der Waals surface area contributed by atoms with Gasteiger partial charge in [0, 0.05) is 5.33 Å². The Morgan fingerprint density at radius 1 is 0.737 bits per heavy atom. The third kappa shape index (κ3) is 2.77. The second kappa shape index (κ2) is 5.99. The summed E-state index contributed by atoms with van der Waals surface area (Å²) in [5.41, 5.74) is 9.31. The van der Waals surface area contributed by atoms with Gasteiger partial charge in [-0.05, 0) is 106 Å². The van der Waals surface area contributed by atoms with Gasteiger partial charge in [-0.2, -0.15) is 0 Å². The maximum Gasteiger partial charge on any atom is 0.00596 e. The average Bonchev–Trinajstić information content (AvgIpc) is 2.44. The Morgan fingerprint density at radius 3 is 1.58 bits per heavy atom. The summed E-state index contributed by atoms with van der Waals surface area (Å²) in [4.78, 5) is 0. The van der Waals surface area contributed by atoms with E-state index in [4.69, 9.17) is 0 Å². The molecule has 0 atom stereocenters. The van der Waals surface area contributed by atoms with Crippen molar-refractivity contribution in [3.05, 3.63) is 33.4 Å². The molecule has 0 bridgehead atoms. The minimum atomic E-state index is 0.799. The van der Waals surface area contributed by atoms with Crippen LogP contribution in [0.3, 0.4) is 0 Å². The zero-order chi connectivity index (χ0) is 14.2. The van der Waals surface area contributed by atoms with Crippen LogP contribution in [0.1, 0.15) is 65.0 Å². The number of alkyl halides is 1. The second-order valence-corrected chi connectivity index (χ2v) is 7.06. The Hall–Kier alpha value is -0.300. The molecule has 1 heteroatoms.